The number of hydrogen-bond donors (Lipinski definition) is 1. The number of alkyl halides is 3. The smallest absolute Gasteiger partial charge is 0.432 e. The summed E-state index contributed by atoms with van der Waals surface area (Å²) < 4.78 is 49.6. The van der Waals surface area contributed by atoms with E-state index in [1.54, 1.807) is 24.3 Å². The predicted molar refractivity (Wildman–Crippen MR) is 92.7 cm³/mol. The molecule has 1 aliphatic heterocycles. The van der Waals surface area contributed by atoms with Crippen LogP contribution in [0.25, 0.3) is 0 Å². The van der Waals surface area contributed by atoms with Gasteiger partial charge in [-0.25, -0.2) is 9.69 Å². The maximum Gasteiger partial charge on any atom is 0.432 e. The molecule has 7 nitrogen and oxygen atoms in total. The Morgan fingerprint density at radius 1 is 1.07 bits per heavy atom. The molecule has 1 aliphatic carbocycles. The number of benzene rings is 1. The highest BCUT2D eigenvalue weighted by Gasteiger charge is 2.62. The summed E-state index contributed by atoms with van der Waals surface area (Å²) >= 11 is 0. The van der Waals surface area contributed by atoms with Crippen LogP contribution < -0.4 is 9.64 Å². The number of allylic oxidation sites excluding steroid dienone is 2. The van der Waals surface area contributed by atoms with E-state index in [1.807, 2.05) is 0 Å². The number of rotatable bonds is 4. The van der Waals surface area contributed by atoms with Crippen molar-refractivity contribution in [2.75, 3.05) is 19.1 Å². The zero-order valence-electron chi connectivity index (χ0n) is 15.3. The average Bonchev–Trinajstić information content (AvgIpc) is 2.96. The number of hydrogen-bond acceptors (Lipinski definition) is 6. The minimum absolute atomic E-state index is 0.100. The van der Waals surface area contributed by atoms with Gasteiger partial charge in [0.05, 0.1) is 31.7 Å². The molecular weight excluding hydrogens is 395 g/mol. The maximum atomic E-state index is 13.5. The zero-order chi connectivity index (χ0) is 21.6. The van der Waals surface area contributed by atoms with Gasteiger partial charge in [-0.2, -0.15) is 13.2 Å². The lowest BCUT2D eigenvalue weighted by Gasteiger charge is -2.29. The van der Waals surface area contributed by atoms with Crippen molar-refractivity contribution in [3.8, 4) is 5.75 Å². The van der Waals surface area contributed by atoms with Gasteiger partial charge in [-0.1, -0.05) is 30.4 Å². The van der Waals surface area contributed by atoms with Gasteiger partial charge in [-0.3, -0.25) is 9.59 Å². The quantitative estimate of drug-likeness (QED) is 0.601. The van der Waals surface area contributed by atoms with Gasteiger partial charge in [0.15, 0.2) is 0 Å². The summed E-state index contributed by atoms with van der Waals surface area (Å²) in [6.07, 6.45) is 0.971. The molecule has 0 radical (unpaired) electrons. The largest absolute Gasteiger partial charge is 0.495 e. The molecule has 1 heterocycles. The fraction of sp³-hybridized carbons (Fsp3) is 0.316. The first-order valence-corrected chi connectivity index (χ1v) is 8.36. The monoisotopic (exact) mass is 411 g/mol. The number of methoxy groups -OCH3 is 2. The van der Waals surface area contributed by atoms with E-state index in [-0.39, 0.29) is 11.4 Å². The van der Waals surface area contributed by atoms with Crippen LogP contribution in [0.2, 0.25) is 0 Å². The minimum atomic E-state index is -5.39. The predicted octanol–water partition coefficient (Wildman–Crippen LogP) is 1.85. The minimum Gasteiger partial charge on any atom is -0.495 e. The molecule has 10 heteroatoms. The summed E-state index contributed by atoms with van der Waals surface area (Å²) in [4.78, 5) is 37.9. The SMILES string of the molecule is COC(=O)[C@](O)(c1ccc(N2C(=O)[C@H]3C=CC=C[C@@H]3C2=O)c(OC)c1)C(F)(F)F. The van der Waals surface area contributed by atoms with E-state index in [0.29, 0.717) is 7.11 Å². The zero-order valence-corrected chi connectivity index (χ0v) is 15.3. The maximum absolute atomic E-state index is 13.5. The fourth-order valence-corrected chi connectivity index (χ4v) is 3.36. The number of imide groups is 1. The number of carbonyl (C=O) groups excluding carboxylic acids is 3. The van der Waals surface area contributed by atoms with Crippen LogP contribution in [0.3, 0.4) is 0 Å². The van der Waals surface area contributed by atoms with Crippen LogP contribution in [-0.2, 0) is 24.7 Å². The highest BCUT2D eigenvalue weighted by molar-refractivity contribution is 6.24. The van der Waals surface area contributed by atoms with Gasteiger partial charge in [-0.15, -0.1) is 0 Å². The van der Waals surface area contributed by atoms with Gasteiger partial charge in [0, 0.05) is 5.56 Å². The third-order valence-electron chi connectivity index (χ3n) is 4.88. The Labute approximate surface area is 163 Å². The molecule has 3 atom stereocenters. The lowest BCUT2D eigenvalue weighted by atomic mass is 9.91. The number of halogens is 3. The summed E-state index contributed by atoms with van der Waals surface area (Å²) in [7, 11) is 1.82. The van der Waals surface area contributed by atoms with Crippen LogP contribution >= 0.6 is 0 Å². The van der Waals surface area contributed by atoms with Crippen LogP contribution in [-0.4, -0.2) is 43.3 Å². The van der Waals surface area contributed by atoms with Crippen molar-refractivity contribution < 1.29 is 42.1 Å². The second kappa shape index (κ2) is 7.03. The van der Waals surface area contributed by atoms with E-state index < -0.39 is 47.0 Å². The lowest BCUT2D eigenvalue weighted by molar-refractivity contribution is -0.266. The molecule has 1 aromatic rings. The normalized spacial score (nSPS) is 23.0. The Morgan fingerprint density at radius 3 is 2.07 bits per heavy atom. The third kappa shape index (κ3) is 3.00. The molecule has 0 unspecified atom stereocenters. The number of nitrogens with zero attached hydrogens (tertiary/aromatic N) is 1. The molecule has 1 saturated heterocycles. The van der Waals surface area contributed by atoms with Crippen LogP contribution in [0.4, 0.5) is 18.9 Å². The Hall–Kier alpha value is -3.14. The van der Waals surface area contributed by atoms with Gasteiger partial charge >= 0.3 is 12.1 Å². The highest BCUT2D eigenvalue weighted by Crippen LogP contribution is 2.44. The number of esters is 1. The molecule has 1 fully saturated rings. The van der Waals surface area contributed by atoms with E-state index >= 15 is 0 Å². The van der Waals surface area contributed by atoms with Crippen molar-refractivity contribution in [1.82, 2.24) is 0 Å². The van der Waals surface area contributed by atoms with E-state index in [4.69, 9.17) is 4.74 Å². The topological polar surface area (TPSA) is 93.1 Å². The van der Waals surface area contributed by atoms with Crippen molar-refractivity contribution >= 4 is 23.5 Å². The molecule has 1 N–H and O–H groups in total. The van der Waals surface area contributed by atoms with Crippen LogP contribution in [0.1, 0.15) is 5.56 Å². The van der Waals surface area contributed by atoms with Crippen LogP contribution in [0.5, 0.6) is 5.75 Å². The molecule has 2 aliphatic rings. The van der Waals surface area contributed by atoms with Crippen molar-refractivity contribution in [3.63, 3.8) is 0 Å². The van der Waals surface area contributed by atoms with Crippen molar-refractivity contribution in [1.29, 1.82) is 0 Å². The molecule has 3 rings (SSSR count). The Morgan fingerprint density at radius 2 is 1.62 bits per heavy atom. The number of carbonyl (C=O) groups is 3. The number of aliphatic hydroxyl groups is 1. The van der Waals surface area contributed by atoms with E-state index in [2.05, 4.69) is 4.74 Å². The van der Waals surface area contributed by atoms with Gasteiger partial charge < -0.3 is 14.6 Å². The van der Waals surface area contributed by atoms with Crippen LogP contribution in [0, 0.1) is 11.8 Å². The molecule has 0 spiro atoms. The number of fused-ring (bicyclic) bond motifs is 1. The first-order valence-electron chi connectivity index (χ1n) is 8.36. The van der Waals surface area contributed by atoms with Gasteiger partial charge in [0.25, 0.3) is 5.60 Å². The average molecular weight is 411 g/mol. The summed E-state index contributed by atoms with van der Waals surface area (Å²) in [5.74, 6) is -4.81. The molecule has 29 heavy (non-hydrogen) atoms. The van der Waals surface area contributed by atoms with Gasteiger partial charge in [0.2, 0.25) is 11.8 Å². The Kier molecular flexibility index (Phi) is 4.99. The van der Waals surface area contributed by atoms with E-state index in [0.717, 1.165) is 30.2 Å². The Bertz CT molecular complexity index is 908. The molecule has 2 amide bonds. The van der Waals surface area contributed by atoms with Gasteiger partial charge in [-0.05, 0) is 12.1 Å². The number of amides is 2. The first kappa shape index (κ1) is 20.6. The number of ether oxygens (including phenoxy) is 2. The molecule has 0 saturated carbocycles. The molecular formula is C19H16F3NO6. The standard InChI is InChI=1S/C19H16F3NO6/c1-28-14-9-10(18(27,17(26)29-2)19(20,21)22)7-8-13(14)23-15(24)11-5-3-4-6-12(11)16(23)25/h3-9,11-12,27H,1-2H3/t11-,12-,18+/m0/s1. The summed E-state index contributed by atoms with van der Waals surface area (Å²) in [5.41, 5.74) is -4.93. The number of anilines is 1. The van der Waals surface area contributed by atoms with Crippen molar-refractivity contribution in [2.24, 2.45) is 11.8 Å². The summed E-state index contributed by atoms with van der Waals surface area (Å²) in [6, 6.07) is 2.54. The molecule has 0 bridgehead atoms. The second-order valence-corrected chi connectivity index (χ2v) is 6.42. The third-order valence-corrected chi connectivity index (χ3v) is 4.88. The molecule has 0 aromatic heterocycles. The van der Waals surface area contributed by atoms with Crippen molar-refractivity contribution in [2.45, 2.75) is 11.8 Å². The second-order valence-electron chi connectivity index (χ2n) is 6.42. The lowest BCUT2D eigenvalue weighted by Crippen LogP contribution is -2.49. The fourth-order valence-electron chi connectivity index (χ4n) is 3.36. The highest BCUT2D eigenvalue weighted by atomic mass is 19.4. The summed E-state index contributed by atoms with van der Waals surface area (Å²) in [5, 5.41) is 10.1. The van der Waals surface area contributed by atoms with Crippen molar-refractivity contribution in [3.05, 3.63) is 48.1 Å². The molecule has 154 valence electrons. The Balaban J connectivity index is 2.10. The summed E-state index contributed by atoms with van der Waals surface area (Å²) in [6.45, 7) is 0. The van der Waals surface area contributed by atoms with E-state index in [9.17, 15) is 32.7 Å². The van der Waals surface area contributed by atoms with Gasteiger partial charge in [0.1, 0.15) is 5.75 Å². The van der Waals surface area contributed by atoms with Crippen LogP contribution in [0.15, 0.2) is 42.5 Å². The first-order chi connectivity index (χ1) is 13.6. The van der Waals surface area contributed by atoms with E-state index in [1.165, 1.54) is 0 Å². The molecule has 1 aromatic carbocycles.